The highest BCUT2D eigenvalue weighted by atomic mass is 19.2. The average molecular weight is 348 g/mol. The van der Waals surface area contributed by atoms with Crippen LogP contribution in [0.2, 0.25) is 0 Å². The monoisotopic (exact) mass is 348 g/mol. The summed E-state index contributed by atoms with van der Waals surface area (Å²) in [6, 6.07) is 8.11. The van der Waals surface area contributed by atoms with Crippen LogP contribution in [0.25, 0.3) is 0 Å². The molecule has 0 saturated carbocycles. The lowest BCUT2D eigenvalue weighted by molar-refractivity contribution is 0.461. The van der Waals surface area contributed by atoms with Gasteiger partial charge in [0, 0.05) is 45.0 Å². The van der Waals surface area contributed by atoms with Crippen LogP contribution in [0, 0.1) is 11.6 Å². The topological polar surface area (TPSA) is 32.6 Å². The first-order chi connectivity index (χ1) is 11.9. The minimum absolute atomic E-state index is 0.00723. The highest BCUT2D eigenvalue weighted by molar-refractivity contribution is 5.79. The maximum atomic E-state index is 13.4. The molecule has 0 aliphatic heterocycles. The van der Waals surface area contributed by atoms with Crippen molar-refractivity contribution in [3.05, 3.63) is 59.4 Å². The van der Waals surface area contributed by atoms with Crippen molar-refractivity contribution in [1.82, 2.24) is 14.8 Å². The zero-order valence-corrected chi connectivity index (χ0v) is 15.3. The van der Waals surface area contributed by atoms with Gasteiger partial charge in [-0.15, -0.1) is 0 Å². The summed E-state index contributed by atoms with van der Waals surface area (Å²) in [5, 5.41) is 3.27. The molecule has 0 fully saturated rings. The molecule has 1 unspecified atom stereocenters. The standard InChI is InChI=1S/C19H26F2N4/c1-5-22-19(25(4)13-16-7-6-10-24(16)3)23-12-14(2)15-8-9-17(20)18(21)11-15/h6-11,14H,5,12-13H2,1-4H3,(H,22,23). The van der Waals surface area contributed by atoms with Crippen molar-refractivity contribution in [2.24, 2.45) is 12.0 Å². The predicted octanol–water partition coefficient (Wildman–Crippen LogP) is 3.50. The summed E-state index contributed by atoms with van der Waals surface area (Å²) in [6.07, 6.45) is 2.01. The fraction of sp³-hybridized carbons (Fsp3) is 0.421. The molecule has 0 radical (unpaired) electrons. The second-order valence-corrected chi connectivity index (χ2v) is 6.24. The third-order valence-electron chi connectivity index (χ3n) is 4.17. The van der Waals surface area contributed by atoms with Crippen molar-refractivity contribution >= 4 is 5.96 Å². The van der Waals surface area contributed by atoms with Crippen LogP contribution >= 0.6 is 0 Å². The normalized spacial score (nSPS) is 13.0. The lowest BCUT2D eigenvalue weighted by Gasteiger charge is -2.23. The number of aliphatic imine (C=N–C) groups is 1. The summed E-state index contributed by atoms with van der Waals surface area (Å²) >= 11 is 0. The molecule has 1 aromatic carbocycles. The Morgan fingerprint density at radius 1 is 1.28 bits per heavy atom. The molecule has 1 aromatic heterocycles. The van der Waals surface area contributed by atoms with E-state index in [0.29, 0.717) is 6.54 Å². The summed E-state index contributed by atoms with van der Waals surface area (Å²) in [4.78, 5) is 6.71. The molecule has 2 aromatic rings. The van der Waals surface area contributed by atoms with Gasteiger partial charge in [-0.3, -0.25) is 4.99 Å². The summed E-state index contributed by atoms with van der Waals surface area (Å²) in [5.41, 5.74) is 1.92. The van der Waals surface area contributed by atoms with Gasteiger partial charge < -0.3 is 14.8 Å². The molecule has 1 N–H and O–H groups in total. The van der Waals surface area contributed by atoms with E-state index in [2.05, 4.69) is 25.8 Å². The first-order valence-electron chi connectivity index (χ1n) is 8.47. The highest BCUT2D eigenvalue weighted by Gasteiger charge is 2.12. The predicted molar refractivity (Wildman–Crippen MR) is 97.6 cm³/mol. The van der Waals surface area contributed by atoms with E-state index in [1.807, 2.05) is 40.2 Å². The molecule has 0 aliphatic rings. The number of halogens is 2. The third kappa shape index (κ3) is 5.05. The van der Waals surface area contributed by atoms with E-state index < -0.39 is 11.6 Å². The number of nitrogens with zero attached hydrogens (tertiary/aromatic N) is 3. The highest BCUT2D eigenvalue weighted by Crippen LogP contribution is 2.18. The molecule has 4 nitrogen and oxygen atoms in total. The van der Waals surface area contributed by atoms with Gasteiger partial charge in [0.1, 0.15) is 0 Å². The Kier molecular flexibility index (Phi) is 6.56. The van der Waals surface area contributed by atoms with Crippen LogP contribution in [-0.2, 0) is 13.6 Å². The van der Waals surface area contributed by atoms with Gasteiger partial charge in [-0.1, -0.05) is 13.0 Å². The van der Waals surface area contributed by atoms with Crippen molar-refractivity contribution in [2.45, 2.75) is 26.3 Å². The van der Waals surface area contributed by atoms with Crippen molar-refractivity contribution in [2.75, 3.05) is 20.1 Å². The maximum Gasteiger partial charge on any atom is 0.194 e. The lowest BCUT2D eigenvalue weighted by Crippen LogP contribution is -2.39. The third-order valence-corrected chi connectivity index (χ3v) is 4.17. The Balaban J connectivity index is 2.07. The summed E-state index contributed by atoms with van der Waals surface area (Å²) in [5.74, 6) is -0.860. The fourth-order valence-corrected chi connectivity index (χ4v) is 2.60. The van der Waals surface area contributed by atoms with Crippen molar-refractivity contribution < 1.29 is 8.78 Å². The van der Waals surface area contributed by atoms with Gasteiger partial charge in [-0.2, -0.15) is 0 Å². The number of guanidine groups is 1. The van der Waals surface area contributed by atoms with E-state index in [9.17, 15) is 8.78 Å². The Bertz CT molecular complexity index is 724. The van der Waals surface area contributed by atoms with Gasteiger partial charge in [0.05, 0.1) is 6.54 Å². The van der Waals surface area contributed by atoms with Crippen LogP contribution in [0.3, 0.4) is 0 Å². The van der Waals surface area contributed by atoms with Gasteiger partial charge in [0.25, 0.3) is 0 Å². The van der Waals surface area contributed by atoms with Crippen LogP contribution in [0.5, 0.6) is 0 Å². The first-order valence-corrected chi connectivity index (χ1v) is 8.47. The molecule has 25 heavy (non-hydrogen) atoms. The van der Waals surface area contributed by atoms with Crippen LogP contribution in [0.1, 0.15) is 31.0 Å². The molecule has 2 rings (SSSR count). The van der Waals surface area contributed by atoms with Crippen molar-refractivity contribution in [3.8, 4) is 0 Å². The minimum Gasteiger partial charge on any atom is -0.357 e. The molecule has 1 atom stereocenters. The molecule has 0 amide bonds. The Hall–Kier alpha value is -2.37. The zero-order valence-electron chi connectivity index (χ0n) is 15.3. The number of benzene rings is 1. The van der Waals surface area contributed by atoms with E-state index in [0.717, 1.165) is 30.7 Å². The van der Waals surface area contributed by atoms with Gasteiger partial charge in [-0.25, -0.2) is 8.78 Å². The van der Waals surface area contributed by atoms with Crippen molar-refractivity contribution in [3.63, 3.8) is 0 Å². The smallest absolute Gasteiger partial charge is 0.194 e. The quantitative estimate of drug-likeness (QED) is 0.640. The number of nitrogens with one attached hydrogen (secondary N) is 1. The van der Waals surface area contributed by atoms with Gasteiger partial charge in [0.15, 0.2) is 17.6 Å². The van der Waals surface area contributed by atoms with E-state index in [4.69, 9.17) is 0 Å². The molecular formula is C19H26F2N4. The van der Waals surface area contributed by atoms with Crippen LogP contribution in [-0.4, -0.2) is 35.6 Å². The summed E-state index contributed by atoms with van der Waals surface area (Å²) in [6.45, 7) is 5.96. The second-order valence-electron chi connectivity index (χ2n) is 6.24. The van der Waals surface area contributed by atoms with Gasteiger partial charge in [-0.05, 0) is 36.8 Å². The first kappa shape index (κ1) is 19.0. The molecule has 0 bridgehead atoms. The second kappa shape index (κ2) is 8.65. The number of rotatable bonds is 6. The van der Waals surface area contributed by atoms with Crippen LogP contribution < -0.4 is 5.32 Å². The molecular weight excluding hydrogens is 322 g/mol. The molecule has 0 spiro atoms. The zero-order chi connectivity index (χ0) is 18.4. The maximum absolute atomic E-state index is 13.4. The minimum atomic E-state index is -0.824. The Morgan fingerprint density at radius 3 is 2.64 bits per heavy atom. The van der Waals surface area contributed by atoms with Crippen molar-refractivity contribution in [1.29, 1.82) is 0 Å². The number of hydrogen-bond donors (Lipinski definition) is 1. The van der Waals surface area contributed by atoms with E-state index >= 15 is 0 Å². The van der Waals surface area contributed by atoms with Gasteiger partial charge in [0.2, 0.25) is 0 Å². The molecule has 0 aliphatic carbocycles. The number of hydrogen-bond acceptors (Lipinski definition) is 1. The lowest BCUT2D eigenvalue weighted by atomic mass is 10.0. The average Bonchev–Trinajstić information content (AvgIpc) is 2.98. The Morgan fingerprint density at radius 2 is 2.04 bits per heavy atom. The molecule has 136 valence electrons. The SMILES string of the molecule is CCNC(=NCC(C)c1ccc(F)c(F)c1)N(C)Cc1cccn1C. The van der Waals surface area contributed by atoms with Crippen LogP contribution in [0.15, 0.2) is 41.5 Å². The summed E-state index contributed by atoms with van der Waals surface area (Å²) in [7, 11) is 4.00. The van der Waals surface area contributed by atoms with Gasteiger partial charge >= 0.3 is 0 Å². The largest absolute Gasteiger partial charge is 0.357 e. The van der Waals surface area contributed by atoms with E-state index in [1.54, 1.807) is 6.07 Å². The number of aryl methyl sites for hydroxylation is 1. The number of aromatic nitrogens is 1. The fourth-order valence-electron chi connectivity index (χ4n) is 2.60. The molecule has 6 heteroatoms. The molecule has 0 saturated heterocycles. The van der Waals surface area contributed by atoms with E-state index in [-0.39, 0.29) is 5.92 Å². The summed E-state index contributed by atoms with van der Waals surface area (Å²) < 4.78 is 28.6. The molecule has 1 heterocycles. The van der Waals surface area contributed by atoms with E-state index in [1.165, 1.54) is 11.8 Å². The Labute approximate surface area is 148 Å². The van der Waals surface area contributed by atoms with Crippen LogP contribution in [0.4, 0.5) is 8.78 Å².